The quantitative estimate of drug-likeness (QED) is 0.196. The van der Waals surface area contributed by atoms with Crippen LogP contribution in [-0.4, -0.2) is 49.7 Å². The van der Waals surface area contributed by atoms with E-state index in [9.17, 15) is 14.0 Å². The van der Waals surface area contributed by atoms with Crippen molar-refractivity contribution >= 4 is 47.6 Å². The minimum atomic E-state index is -0.553. The van der Waals surface area contributed by atoms with Gasteiger partial charge in [-0.2, -0.15) is 0 Å². The van der Waals surface area contributed by atoms with Gasteiger partial charge in [-0.1, -0.05) is 6.07 Å². The predicted molar refractivity (Wildman–Crippen MR) is 119 cm³/mol. The number of hydrogen-bond donors (Lipinski definition) is 4. The summed E-state index contributed by atoms with van der Waals surface area (Å²) in [5.74, 6) is -0.369. The van der Waals surface area contributed by atoms with Crippen LogP contribution in [0.3, 0.4) is 0 Å². The molecule has 0 aromatic heterocycles. The standard InChI is InChI=1S/C18H28FN5O3.HI/c1-5-20-16(21-9-10-22-17(26)27-18(2,3)4)23-12-15(25)24-14-8-6-7-13(19)11-14;/h6-8,11H,5,9-10,12H2,1-4H3,(H,22,26)(H,24,25)(H2,20,21,23);1H. The number of carbonyl (C=O) groups excluding carboxylic acids is 2. The van der Waals surface area contributed by atoms with Crippen LogP contribution in [0.2, 0.25) is 0 Å². The number of nitrogens with zero attached hydrogens (tertiary/aromatic N) is 1. The van der Waals surface area contributed by atoms with Gasteiger partial charge in [0.1, 0.15) is 18.0 Å². The zero-order valence-corrected chi connectivity index (χ0v) is 18.9. The van der Waals surface area contributed by atoms with Crippen molar-refractivity contribution < 1.29 is 18.7 Å². The first-order valence-corrected chi connectivity index (χ1v) is 8.74. The van der Waals surface area contributed by atoms with E-state index in [1.807, 2.05) is 6.92 Å². The summed E-state index contributed by atoms with van der Waals surface area (Å²) in [7, 11) is 0. The summed E-state index contributed by atoms with van der Waals surface area (Å²) in [5.41, 5.74) is -0.183. The van der Waals surface area contributed by atoms with E-state index < -0.39 is 17.5 Å². The molecule has 28 heavy (non-hydrogen) atoms. The van der Waals surface area contributed by atoms with Gasteiger partial charge < -0.3 is 26.0 Å². The molecule has 0 fully saturated rings. The van der Waals surface area contributed by atoms with Gasteiger partial charge in [0, 0.05) is 25.3 Å². The molecule has 0 radical (unpaired) electrons. The number of alkyl carbamates (subject to hydrolysis) is 1. The van der Waals surface area contributed by atoms with Gasteiger partial charge in [-0.3, -0.25) is 4.79 Å². The Bertz CT molecular complexity index is 665. The summed E-state index contributed by atoms with van der Waals surface area (Å²) >= 11 is 0. The molecule has 0 saturated carbocycles. The van der Waals surface area contributed by atoms with E-state index in [0.717, 1.165) is 0 Å². The normalized spacial score (nSPS) is 11.1. The molecule has 0 spiro atoms. The van der Waals surface area contributed by atoms with Crippen molar-refractivity contribution in [3.8, 4) is 0 Å². The maximum Gasteiger partial charge on any atom is 0.407 e. The highest BCUT2D eigenvalue weighted by molar-refractivity contribution is 14.0. The van der Waals surface area contributed by atoms with Crippen molar-refractivity contribution in [2.75, 3.05) is 31.5 Å². The molecule has 158 valence electrons. The lowest BCUT2D eigenvalue weighted by Gasteiger charge is -2.19. The molecule has 1 rings (SSSR count). The van der Waals surface area contributed by atoms with E-state index in [-0.39, 0.29) is 36.4 Å². The van der Waals surface area contributed by atoms with Crippen molar-refractivity contribution in [1.82, 2.24) is 16.0 Å². The van der Waals surface area contributed by atoms with Crippen LogP contribution in [0.15, 0.2) is 29.3 Å². The number of aliphatic imine (C=N–C) groups is 1. The first-order valence-electron chi connectivity index (χ1n) is 8.74. The fourth-order valence-electron chi connectivity index (χ4n) is 1.92. The smallest absolute Gasteiger partial charge is 0.407 e. The summed E-state index contributed by atoms with van der Waals surface area (Å²) in [6.45, 7) is 8.46. The molecule has 0 saturated heterocycles. The Morgan fingerprint density at radius 2 is 1.82 bits per heavy atom. The Morgan fingerprint density at radius 1 is 1.14 bits per heavy atom. The van der Waals surface area contributed by atoms with Gasteiger partial charge in [-0.25, -0.2) is 14.2 Å². The number of ether oxygens (including phenoxy) is 1. The largest absolute Gasteiger partial charge is 0.444 e. The fourth-order valence-corrected chi connectivity index (χ4v) is 1.92. The molecule has 8 nitrogen and oxygen atoms in total. The third-order valence-corrected chi connectivity index (χ3v) is 2.92. The van der Waals surface area contributed by atoms with Crippen LogP contribution >= 0.6 is 24.0 Å². The predicted octanol–water partition coefficient (Wildman–Crippen LogP) is 2.46. The topological polar surface area (TPSA) is 104 Å². The second kappa shape index (κ2) is 13.1. The van der Waals surface area contributed by atoms with Gasteiger partial charge >= 0.3 is 6.09 Å². The zero-order valence-electron chi connectivity index (χ0n) is 16.6. The lowest BCUT2D eigenvalue weighted by molar-refractivity contribution is -0.114. The number of benzene rings is 1. The van der Waals surface area contributed by atoms with Gasteiger partial charge in [0.2, 0.25) is 5.91 Å². The molecule has 0 aliphatic carbocycles. The Balaban J connectivity index is 0.00000729. The second-order valence-corrected chi connectivity index (χ2v) is 6.61. The molecule has 0 unspecified atom stereocenters. The number of nitrogens with one attached hydrogen (secondary N) is 4. The van der Waals surface area contributed by atoms with E-state index in [1.54, 1.807) is 26.8 Å². The molecule has 0 aliphatic heterocycles. The van der Waals surface area contributed by atoms with Crippen molar-refractivity contribution in [3.05, 3.63) is 30.1 Å². The molecule has 10 heteroatoms. The molecule has 2 amide bonds. The molecule has 1 aromatic rings. The van der Waals surface area contributed by atoms with Gasteiger partial charge in [0.25, 0.3) is 0 Å². The minimum absolute atomic E-state index is 0. The van der Waals surface area contributed by atoms with Gasteiger partial charge in [0.15, 0.2) is 5.96 Å². The van der Waals surface area contributed by atoms with Crippen LogP contribution < -0.4 is 21.3 Å². The molecular formula is C18H29FIN5O3. The number of anilines is 1. The van der Waals surface area contributed by atoms with E-state index >= 15 is 0 Å². The number of carbonyl (C=O) groups is 2. The summed E-state index contributed by atoms with van der Waals surface area (Å²) in [6.07, 6.45) is -0.499. The summed E-state index contributed by atoms with van der Waals surface area (Å²) < 4.78 is 18.2. The van der Waals surface area contributed by atoms with Crippen LogP contribution in [0.5, 0.6) is 0 Å². The number of rotatable bonds is 7. The van der Waals surface area contributed by atoms with E-state index in [0.29, 0.717) is 31.3 Å². The Morgan fingerprint density at radius 3 is 2.43 bits per heavy atom. The number of guanidine groups is 1. The van der Waals surface area contributed by atoms with E-state index in [2.05, 4.69) is 26.3 Å². The van der Waals surface area contributed by atoms with E-state index in [4.69, 9.17) is 4.74 Å². The maximum absolute atomic E-state index is 13.1. The highest BCUT2D eigenvalue weighted by Crippen LogP contribution is 2.08. The van der Waals surface area contributed by atoms with Crippen LogP contribution in [-0.2, 0) is 9.53 Å². The highest BCUT2D eigenvalue weighted by atomic mass is 127. The number of hydrogen-bond acceptors (Lipinski definition) is 4. The first kappa shape index (κ1) is 25.9. The molecule has 0 atom stereocenters. The molecule has 1 aromatic carbocycles. The van der Waals surface area contributed by atoms with Crippen molar-refractivity contribution in [2.45, 2.75) is 33.3 Å². The second-order valence-electron chi connectivity index (χ2n) is 6.61. The zero-order chi connectivity index (χ0) is 20.3. The lowest BCUT2D eigenvalue weighted by Crippen LogP contribution is -2.42. The minimum Gasteiger partial charge on any atom is -0.444 e. The monoisotopic (exact) mass is 509 g/mol. The van der Waals surface area contributed by atoms with Gasteiger partial charge in [-0.15, -0.1) is 24.0 Å². The molecule has 0 aliphatic rings. The first-order chi connectivity index (χ1) is 12.7. The fraction of sp³-hybridized carbons (Fsp3) is 0.500. The van der Waals surface area contributed by atoms with Crippen molar-refractivity contribution in [1.29, 1.82) is 0 Å². The average Bonchev–Trinajstić information content (AvgIpc) is 2.54. The van der Waals surface area contributed by atoms with Gasteiger partial charge in [-0.05, 0) is 45.9 Å². The third-order valence-electron chi connectivity index (χ3n) is 2.92. The Labute approximate surface area is 182 Å². The number of amides is 2. The van der Waals surface area contributed by atoms with E-state index in [1.165, 1.54) is 18.2 Å². The van der Waals surface area contributed by atoms with Gasteiger partial charge in [0.05, 0.1) is 0 Å². The van der Waals surface area contributed by atoms with Crippen molar-refractivity contribution in [2.24, 2.45) is 4.99 Å². The lowest BCUT2D eigenvalue weighted by atomic mass is 10.2. The highest BCUT2D eigenvalue weighted by Gasteiger charge is 2.15. The average molecular weight is 509 g/mol. The molecule has 0 bridgehead atoms. The molecule has 0 heterocycles. The Hall–Kier alpha value is -2.11. The summed E-state index contributed by atoms with van der Waals surface area (Å²) in [4.78, 5) is 27.6. The van der Waals surface area contributed by atoms with Crippen LogP contribution in [0, 0.1) is 5.82 Å². The van der Waals surface area contributed by atoms with Crippen LogP contribution in [0.1, 0.15) is 27.7 Å². The maximum atomic E-state index is 13.1. The number of halogens is 2. The van der Waals surface area contributed by atoms with Crippen LogP contribution in [0.4, 0.5) is 14.9 Å². The van der Waals surface area contributed by atoms with Crippen LogP contribution in [0.25, 0.3) is 0 Å². The summed E-state index contributed by atoms with van der Waals surface area (Å²) in [5, 5.41) is 11.2. The Kier molecular flexibility index (Phi) is 12.1. The SMILES string of the molecule is CCNC(=NCC(=O)Nc1cccc(F)c1)NCCNC(=O)OC(C)(C)C.I. The van der Waals surface area contributed by atoms with Crippen molar-refractivity contribution in [3.63, 3.8) is 0 Å². The third kappa shape index (κ3) is 12.3. The summed E-state index contributed by atoms with van der Waals surface area (Å²) in [6, 6.07) is 5.63. The molecular weight excluding hydrogens is 480 g/mol. The molecule has 4 N–H and O–H groups in total.